The highest BCUT2D eigenvalue weighted by Gasteiger charge is 2.26. The highest BCUT2D eigenvalue weighted by Crippen LogP contribution is 2.23. The summed E-state index contributed by atoms with van der Waals surface area (Å²) in [6, 6.07) is 7.31. The van der Waals surface area contributed by atoms with E-state index in [1.807, 2.05) is 12.1 Å². The Morgan fingerprint density at radius 3 is 2.58 bits per heavy atom. The van der Waals surface area contributed by atoms with Gasteiger partial charge in [0.25, 0.3) is 5.91 Å². The Hall–Kier alpha value is -1.56. The first-order valence-electron chi connectivity index (χ1n) is 8.34. The zero-order chi connectivity index (χ0) is 17.5. The van der Waals surface area contributed by atoms with Crippen LogP contribution in [0.15, 0.2) is 28.7 Å². The molecule has 6 heteroatoms. The molecule has 1 amide bonds. The van der Waals surface area contributed by atoms with Crippen molar-refractivity contribution in [2.75, 3.05) is 6.61 Å². The molecule has 24 heavy (non-hydrogen) atoms. The molecular weight excluding hydrogens is 374 g/mol. The van der Waals surface area contributed by atoms with Crippen LogP contribution in [-0.2, 0) is 14.3 Å². The fraction of sp³-hybridized carbons (Fsp3) is 0.556. The van der Waals surface area contributed by atoms with Crippen LogP contribution in [0.1, 0.15) is 39.5 Å². The van der Waals surface area contributed by atoms with E-state index in [2.05, 4.69) is 28.2 Å². The summed E-state index contributed by atoms with van der Waals surface area (Å²) in [5.41, 5.74) is 0. The van der Waals surface area contributed by atoms with Gasteiger partial charge in [-0.2, -0.15) is 0 Å². The summed E-state index contributed by atoms with van der Waals surface area (Å²) < 4.78 is 11.4. The van der Waals surface area contributed by atoms with Crippen LogP contribution in [-0.4, -0.2) is 30.6 Å². The largest absolute Gasteiger partial charge is 0.482 e. The van der Waals surface area contributed by atoms with Gasteiger partial charge in [0.05, 0.1) is 0 Å². The summed E-state index contributed by atoms with van der Waals surface area (Å²) in [6.45, 7) is 3.51. The first-order valence-corrected chi connectivity index (χ1v) is 9.13. The normalized spacial score (nSPS) is 21.6. The molecule has 1 aliphatic carbocycles. The first kappa shape index (κ1) is 18.8. The van der Waals surface area contributed by atoms with Gasteiger partial charge in [-0.15, -0.1) is 0 Å². The van der Waals surface area contributed by atoms with Crippen molar-refractivity contribution >= 4 is 27.8 Å². The summed E-state index contributed by atoms with van der Waals surface area (Å²) >= 11 is 3.33. The lowest BCUT2D eigenvalue weighted by Crippen LogP contribution is -2.46. The van der Waals surface area contributed by atoms with Gasteiger partial charge in [-0.25, -0.2) is 4.79 Å². The predicted octanol–water partition coefficient (Wildman–Crippen LogP) is 3.45. The Morgan fingerprint density at radius 1 is 1.25 bits per heavy atom. The van der Waals surface area contributed by atoms with Crippen molar-refractivity contribution in [3.05, 3.63) is 28.7 Å². The van der Waals surface area contributed by atoms with Crippen molar-refractivity contribution in [1.29, 1.82) is 0 Å². The van der Waals surface area contributed by atoms with Gasteiger partial charge in [-0.05, 0) is 49.9 Å². The minimum atomic E-state index is -0.819. The molecule has 0 spiro atoms. The van der Waals surface area contributed by atoms with E-state index in [4.69, 9.17) is 9.47 Å². The number of rotatable bonds is 6. The average molecular weight is 398 g/mol. The summed E-state index contributed by atoms with van der Waals surface area (Å²) in [4.78, 5) is 24.0. The lowest BCUT2D eigenvalue weighted by molar-refractivity contribution is -0.157. The van der Waals surface area contributed by atoms with Crippen molar-refractivity contribution in [1.82, 2.24) is 5.32 Å². The summed E-state index contributed by atoms with van der Waals surface area (Å²) in [6.07, 6.45) is 3.64. The Labute approximate surface area is 151 Å². The lowest BCUT2D eigenvalue weighted by Gasteiger charge is -2.30. The second kappa shape index (κ2) is 9.06. The second-order valence-corrected chi connectivity index (χ2v) is 7.17. The first-order chi connectivity index (χ1) is 11.5. The molecule has 5 nitrogen and oxygen atoms in total. The van der Waals surface area contributed by atoms with E-state index in [9.17, 15) is 9.59 Å². The zero-order valence-corrected chi connectivity index (χ0v) is 15.7. The number of hydrogen-bond acceptors (Lipinski definition) is 4. The molecule has 1 aromatic rings. The van der Waals surface area contributed by atoms with Crippen LogP contribution >= 0.6 is 15.9 Å². The van der Waals surface area contributed by atoms with Crippen LogP contribution in [0.5, 0.6) is 5.75 Å². The van der Waals surface area contributed by atoms with Gasteiger partial charge < -0.3 is 14.8 Å². The Balaban J connectivity index is 1.73. The van der Waals surface area contributed by atoms with Crippen LogP contribution in [0.4, 0.5) is 0 Å². The molecule has 1 aromatic carbocycles. The monoisotopic (exact) mass is 397 g/mol. The van der Waals surface area contributed by atoms with Crippen molar-refractivity contribution in [2.45, 2.75) is 51.7 Å². The molecule has 1 N–H and O–H groups in total. The third-order valence-electron chi connectivity index (χ3n) is 4.29. The molecule has 0 bridgehead atoms. The van der Waals surface area contributed by atoms with E-state index in [-0.39, 0.29) is 18.6 Å². The fourth-order valence-electron chi connectivity index (χ4n) is 2.79. The summed E-state index contributed by atoms with van der Waals surface area (Å²) in [5, 5.41) is 2.99. The average Bonchev–Trinajstić information content (AvgIpc) is 2.56. The van der Waals surface area contributed by atoms with Crippen molar-refractivity contribution in [2.24, 2.45) is 5.92 Å². The lowest BCUT2D eigenvalue weighted by atomic mass is 9.86. The molecule has 2 rings (SSSR count). The van der Waals surface area contributed by atoms with E-state index in [0.29, 0.717) is 11.7 Å². The molecule has 0 aliphatic heterocycles. The van der Waals surface area contributed by atoms with Gasteiger partial charge in [0.2, 0.25) is 0 Å². The highest BCUT2D eigenvalue weighted by molar-refractivity contribution is 9.10. The Morgan fingerprint density at radius 2 is 1.92 bits per heavy atom. The molecule has 0 heterocycles. The number of amides is 1. The molecule has 1 aliphatic rings. The number of benzene rings is 1. The SMILES string of the molecule is C[C@@H]1CCCC[C@H]1NC(=O)[C@@H](C)OC(=O)COc1ccc(Br)cc1. The number of carbonyl (C=O) groups excluding carboxylic acids is 2. The third-order valence-corrected chi connectivity index (χ3v) is 4.82. The molecule has 0 radical (unpaired) electrons. The van der Waals surface area contributed by atoms with E-state index >= 15 is 0 Å². The van der Waals surface area contributed by atoms with Crippen molar-refractivity contribution in [3.8, 4) is 5.75 Å². The van der Waals surface area contributed by atoms with Gasteiger partial charge in [-0.1, -0.05) is 35.7 Å². The van der Waals surface area contributed by atoms with Gasteiger partial charge in [0.1, 0.15) is 5.75 Å². The maximum absolute atomic E-state index is 12.2. The third kappa shape index (κ3) is 5.82. The molecular formula is C18H24BrNO4. The van der Waals surface area contributed by atoms with Gasteiger partial charge in [0, 0.05) is 10.5 Å². The van der Waals surface area contributed by atoms with Gasteiger partial charge in [-0.3, -0.25) is 4.79 Å². The van der Waals surface area contributed by atoms with E-state index in [1.54, 1.807) is 19.1 Å². The highest BCUT2D eigenvalue weighted by atomic mass is 79.9. The molecule has 0 saturated heterocycles. The number of nitrogens with one attached hydrogen (secondary N) is 1. The number of hydrogen-bond donors (Lipinski definition) is 1. The zero-order valence-electron chi connectivity index (χ0n) is 14.1. The smallest absolute Gasteiger partial charge is 0.344 e. The minimum absolute atomic E-state index is 0.173. The molecule has 132 valence electrons. The number of halogens is 1. The van der Waals surface area contributed by atoms with Crippen LogP contribution < -0.4 is 10.1 Å². The summed E-state index contributed by atoms with van der Waals surface area (Å²) in [5.74, 6) is 0.234. The Bertz CT molecular complexity index is 561. The minimum Gasteiger partial charge on any atom is -0.482 e. The number of esters is 1. The second-order valence-electron chi connectivity index (χ2n) is 6.25. The molecule has 0 unspecified atom stereocenters. The van der Waals surface area contributed by atoms with Crippen LogP contribution in [0.25, 0.3) is 0 Å². The van der Waals surface area contributed by atoms with E-state index in [1.165, 1.54) is 6.42 Å². The van der Waals surface area contributed by atoms with E-state index in [0.717, 1.165) is 23.7 Å². The van der Waals surface area contributed by atoms with Crippen LogP contribution in [0.2, 0.25) is 0 Å². The number of carbonyl (C=O) groups is 2. The van der Waals surface area contributed by atoms with E-state index < -0.39 is 12.1 Å². The predicted molar refractivity (Wildman–Crippen MR) is 94.8 cm³/mol. The van der Waals surface area contributed by atoms with Crippen molar-refractivity contribution < 1.29 is 19.1 Å². The summed E-state index contributed by atoms with van der Waals surface area (Å²) in [7, 11) is 0. The van der Waals surface area contributed by atoms with Gasteiger partial charge in [0.15, 0.2) is 12.7 Å². The van der Waals surface area contributed by atoms with Gasteiger partial charge >= 0.3 is 5.97 Å². The topological polar surface area (TPSA) is 64.6 Å². The van der Waals surface area contributed by atoms with Crippen LogP contribution in [0.3, 0.4) is 0 Å². The van der Waals surface area contributed by atoms with Crippen LogP contribution in [0, 0.1) is 5.92 Å². The molecule has 1 fully saturated rings. The quantitative estimate of drug-likeness (QED) is 0.746. The molecule has 0 aromatic heterocycles. The maximum atomic E-state index is 12.2. The molecule has 3 atom stereocenters. The van der Waals surface area contributed by atoms with Crippen molar-refractivity contribution in [3.63, 3.8) is 0 Å². The maximum Gasteiger partial charge on any atom is 0.344 e. The molecule has 1 saturated carbocycles. The standard InChI is InChI=1S/C18H24BrNO4/c1-12-5-3-4-6-16(12)20-18(22)13(2)24-17(21)11-23-15-9-7-14(19)8-10-15/h7-10,12-13,16H,3-6,11H2,1-2H3,(H,20,22)/t12-,13-,16-/m1/s1. The Kier molecular flexibility index (Phi) is 7.09. The number of ether oxygens (including phenoxy) is 2. The fourth-order valence-corrected chi connectivity index (χ4v) is 3.05.